The molecule has 31 heavy (non-hydrogen) atoms. The summed E-state index contributed by atoms with van der Waals surface area (Å²) in [7, 11) is 4.61. The number of phenolic OH excluding ortho intramolecular Hbond substituents is 1. The Kier molecular flexibility index (Phi) is 4.93. The Labute approximate surface area is 179 Å². The molecule has 0 saturated carbocycles. The predicted molar refractivity (Wildman–Crippen MR) is 118 cm³/mol. The number of benzene rings is 3. The number of hydrogen-bond acceptors (Lipinski definition) is 6. The minimum atomic E-state index is -0.442. The number of rotatable bonds is 4. The lowest BCUT2D eigenvalue weighted by Crippen LogP contribution is -2.21. The Bertz CT molecular complexity index is 1300. The predicted octanol–water partition coefficient (Wildman–Crippen LogP) is 4.73. The third-order valence-corrected chi connectivity index (χ3v) is 5.78. The maximum Gasteiger partial charge on any atom is 0.198 e. The van der Waals surface area contributed by atoms with Gasteiger partial charge >= 0.3 is 0 Å². The van der Waals surface area contributed by atoms with E-state index in [1.54, 1.807) is 39.3 Å². The second-order valence-corrected chi connectivity index (χ2v) is 7.31. The number of aromatic hydroxyl groups is 1. The number of fused-ring (bicyclic) bond motifs is 2. The third-order valence-electron chi connectivity index (χ3n) is 5.78. The molecular formula is C25H22O6. The standard InChI is InChI=1S/C25H22O6/c1-12-18(23(28)20-14(22(12)27)8-6-10-16(20)26)19-13(2)24(30-4)15-9-7-11-17(29-3)21(15)25(19)31-5/h6-11,26H,1-5H3. The van der Waals surface area contributed by atoms with Crippen molar-refractivity contribution in [1.29, 1.82) is 0 Å². The summed E-state index contributed by atoms with van der Waals surface area (Å²) in [5.41, 5.74) is 1.73. The fourth-order valence-electron chi connectivity index (χ4n) is 4.38. The number of carbonyl (C=O) groups excluding carboxylic acids is 2. The molecule has 1 N–H and O–H groups in total. The van der Waals surface area contributed by atoms with Gasteiger partial charge in [-0.15, -0.1) is 0 Å². The van der Waals surface area contributed by atoms with E-state index in [-0.39, 0.29) is 33.8 Å². The maximum absolute atomic E-state index is 13.6. The van der Waals surface area contributed by atoms with Crippen LogP contribution >= 0.6 is 0 Å². The molecule has 1 aliphatic carbocycles. The zero-order valence-corrected chi connectivity index (χ0v) is 18.0. The van der Waals surface area contributed by atoms with Crippen molar-refractivity contribution in [2.75, 3.05) is 21.3 Å². The first kappa shape index (κ1) is 20.5. The minimum Gasteiger partial charge on any atom is -0.507 e. The molecule has 3 aromatic rings. The molecule has 6 heteroatoms. The Morgan fingerprint density at radius 3 is 2.10 bits per heavy atom. The van der Waals surface area contributed by atoms with Crippen molar-refractivity contribution < 1.29 is 28.9 Å². The molecule has 0 aromatic heterocycles. The zero-order valence-electron chi connectivity index (χ0n) is 18.0. The fraction of sp³-hybridized carbons (Fsp3) is 0.200. The van der Waals surface area contributed by atoms with E-state index >= 15 is 0 Å². The quantitative estimate of drug-likeness (QED) is 0.660. The second-order valence-electron chi connectivity index (χ2n) is 7.31. The first-order valence-electron chi connectivity index (χ1n) is 9.71. The molecule has 1 aliphatic rings. The summed E-state index contributed by atoms with van der Waals surface area (Å²) in [6, 6.07) is 10.0. The molecule has 0 fully saturated rings. The molecule has 0 atom stereocenters. The van der Waals surface area contributed by atoms with E-state index in [9.17, 15) is 14.7 Å². The van der Waals surface area contributed by atoms with Crippen LogP contribution in [0.4, 0.5) is 0 Å². The Hall–Kier alpha value is -3.80. The summed E-state index contributed by atoms with van der Waals surface area (Å²) in [5.74, 6) is 0.505. The number of ketones is 2. The van der Waals surface area contributed by atoms with Crippen LogP contribution in [0.2, 0.25) is 0 Å². The lowest BCUT2D eigenvalue weighted by Gasteiger charge is -2.25. The van der Waals surface area contributed by atoms with Crippen molar-refractivity contribution in [3.05, 3.63) is 64.2 Å². The van der Waals surface area contributed by atoms with Gasteiger partial charge in [0.2, 0.25) is 0 Å². The summed E-state index contributed by atoms with van der Waals surface area (Å²) in [6.45, 7) is 3.42. The monoisotopic (exact) mass is 418 g/mol. The average molecular weight is 418 g/mol. The number of hydrogen-bond donors (Lipinski definition) is 1. The van der Waals surface area contributed by atoms with E-state index in [2.05, 4.69) is 0 Å². The lowest BCUT2D eigenvalue weighted by atomic mass is 9.79. The molecule has 6 nitrogen and oxygen atoms in total. The summed E-state index contributed by atoms with van der Waals surface area (Å²) < 4.78 is 17.0. The average Bonchev–Trinajstić information content (AvgIpc) is 2.77. The lowest BCUT2D eigenvalue weighted by molar-refractivity contribution is 0.0989. The molecule has 0 heterocycles. The van der Waals surface area contributed by atoms with Crippen molar-refractivity contribution in [3.8, 4) is 23.0 Å². The minimum absolute atomic E-state index is 0.00589. The van der Waals surface area contributed by atoms with Crippen molar-refractivity contribution in [3.63, 3.8) is 0 Å². The first-order valence-corrected chi connectivity index (χ1v) is 9.71. The van der Waals surface area contributed by atoms with Crippen LogP contribution < -0.4 is 14.2 Å². The highest BCUT2D eigenvalue weighted by atomic mass is 16.5. The van der Waals surface area contributed by atoms with Crippen LogP contribution in [0, 0.1) is 6.92 Å². The van der Waals surface area contributed by atoms with Gasteiger partial charge in [-0.25, -0.2) is 0 Å². The van der Waals surface area contributed by atoms with Gasteiger partial charge in [0.1, 0.15) is 23.0 Å². The van der Waals surface area contributed by atoms with Gasteiger partial charge in [0.15, 0.2) is 11.6 Å². The smallest absolute Gasteiger partial charge is 0.198 e. The molecular weight excluding hydrogens is 396 g/mol. The van der Waals surface area contributed by atoms with Gasteiger partial charge < -0.3 is 19.3 Å². The van der Waals surface area contributed by atoms with E-state index in [1.165, 1.54) is 13.2 Å². The van der Waals surface area contributed by atoms with E-state index in [0.717, 1.165) is 5.39 Å². The third kappa shape index (κ3) is 2.79. The molecule has 0 bridgehead atoms. The molecule has 158 valence electrons. The van der Waals surface area contributed by atoms with Crippen molar-refractivity contribution in [2.45, 2.75) is 13.8 Å². The van der Waals surface area contributed by atoms with Crippen LogP contribution in [0.25, 0.3) is 16.3 Å². The van der Waals surface area contributed by atoms with Crippen LogP contribution in [0.15, 0.2) is 42.0 Å². The van der Waals surface area contributed by atoms with Gasteiger partial charge in [0.25, 0.3) is 0 Å². The van der Waals surface area contributed by atoms with Crippen LogP contribution in [0.1, 0.15) is 38.8 Å². The van der Waals surface area contributed by atoms with E-state index < -0.39 is 5.78 Å². The van der Waals surface area contributed by atoms with E-state index in [0.29, 0.717) is 33.8 Å². The maximum atomic E-state index is 13.6. The van der Waals surface area contributed by atoms with Crippen molar-refractivity contribution in [1.82, 2.24) is 0 Å². The van der Waals surface area contributed by atoms with E-state index in [1.807, 2.05) is 19.1 Å². The number of methoxy groups -OCH3 is 3. The van der Waals surface area contributed by atoms with Gasteiger partial charge in [0.05, 0.1) is 32.3 Å². The van der Waals surface area contributed by atoms with Crippen LogP contribution in [0.5, 0.6) is 23.0 Å². The second kappa shape index (κ2) is 7.47. The number of allylic oxidation sites excluding steroid dienone is 2. The zero-order chi connectivity index (χ0) is 22.4. The highest BCUT2D eigenvalue weighted by Gasteiger charge is 2.36. The van der Waals surface area contributed by atoms with Crippen LogP contribution in [0.3, 0.4) is 0 Å². The Balaban J connectivity index is 2.17. The van der Waals surface area contributed by atoms with Crippen molar-refractivity contribution >= 4 is 27.9 Å². The van der Waals surface area contributed by atoms with Gasteiger partial charge in [-0.05, 0) is 26.0 Å². The molecule has 0 spiro atoms. The topological polar surface area (TPSA) is 82.1 Å². The highest BCUT2D eigenvalue weighted by molar-refractivity contribution is 6.42. The fourth-order valence-corrected chi connectivity index (χ4v) is 4.38. The molecule has 3 aromatic carbocycles. The number of carbonyl (C=O) groups is 2. The van der Waals surface area contributed by atoms with Gasteiger partial charge in [-0.1, -0.05) is 24.3 Å². The SMILES string of the molecule is COc1c(C)c(C2=C(C)C(=O)c3cccc(O)c3C2=O)c(OC)c2c(OC)cccc12. The summed E-state index contributed by atoms with van der Waals surface area (Å²) >= 11 is 0. The van der Waals surface area contributed by atoms with E-state index in [4.69, 9.17) is 14.2 Å². The van der Waals surface area contributed by atoms with Gasteiger partial charge in [0, 0.05) is 33.2 Å². The Morgan fingerprint density at radius 2 is 1.45 bits per heavy atom. The first-order chi connectivity index (χ1) is 14.9. The van der Waals surface area contributed by atoms with Crippen LogP contribution in [-0.4, -0.2) is 38.0 Å². The molecule has 0 saturated heterocycles. The summed E-state index contributed by atoms with van der Waals surface area (Å²) in [5, 5.41) is 11.8. The molecule has 0 unspecified atom stereocenters. The molecule has 0 amide bonds. The number of ether oxygens (including phenoxy) is 3. The largest absolute Gasteiger partial charge is 0.507 e. The summed E-state index contributed by atoms with van der Waals surface area (Å²) in [4.78, 5) is 26.7. The Morgan fingerprint density at radius 1 is 0.774 bits per heavy atom. The van der Waals surface area contributed by atoms with Crippen LogP contribution in [-0.2, 0) is 0 Å². The normalized spacial score (nSPS) is 13.5. The van der Waals surface area contributed by atoms with Crippen molar-refractivity contribution in [2.24, 2.45) is 0 Å². The molecule has 0 radical (unpaired) electrons. The van der Waals surface area contributed by atoms with Gasteiger partial charge in [-0.2, -0.15) is 0 Å². The molecule has 4 rings (SSSR count). The number of phenols is 1. The molecule has 0 aliphatic heterocycles. The van der Waals surface area contributed by atoms with Gasteiger partial charge in [-0.3, -0.25) is 9.59 Å². The summed E-state index contributed by atoms with van der Waals surface area (Å²) in [6.07, 6.45) is 0. The number of Topliss-reactive ketones (excluding diaryl/α,β-unsaturated/α-hetero) is 2. The highest BCUT2D eigenvalue weighted by Crippen LogP contribution is 2.49.